The summed E-state index contributed by atoms with van der Waals surface area (Å²) in [7, 11) is 0. The Labute approximate surface area is 138 Å². The number of carboxylic acid groups (broad SMARTS) is 1. The monoisotopic (exact) mass is 351 g/mol. The predicted octanol–water partition coefficient (Wildman–Crippen LogP) is 2.23. The number of halogens is 2. The summed E-state index contributed by atoms with van der Waals surface area (Å²) in [5.41, 5.74) is -0.530. The molecule has 10 heteroatoms. The molecule has 1 unspecified atom stereocenters. The van der Waals surface area contributed by atoms with Crippen molar-refractivity contribution in [1.29, 1.82) is 0 Å². The van der Waals surface area contributed by atoms with E-state index in [0.29, 0.717) is 0 Å². The molecule has 24 heavy (non-hydrogen) atoms. The normalized spacial score (nSPS) is 12.3. The molecule has 0 fully saturated rings. The van der Waals surface area contributed by atoms with E-state index in [1.165, 1.54) is 19.2 Å². The van der Waals surface area contributed by atoms with Crippen LogP contribution in [0.1, 0.15) is 18.8 Å². The Hall–Kier alpha value is -2.94. The molecule has 2 aromatic heterocycles. The van der Waals surface area contributed by atoms with Crippen molar-refractivity contribution in [2.75, 3.05) is 0 Å². The minimum Gasteiger partial charge on any atom is -0.465 e. The molecule has 3 rings (SSSR count). The highest BCUT2D eigenvalue weighted by atomic mass is 35.5. The second kappa shape index (κ2) is 5.93. The fraction of sp³-hybridized carbons (Fsp3) is 0.143. The van der Waals surface area contributed by atoms with Crippen LogP contribution in [-0.2, 0) is 0 Å². The number of hydrogen-bond donors (Lipinski definition) is 3. The lowest BCUT2D eigenvalue weighted by atomic mass is 10.2. The summed E-state index contributed by atoms with van der Waals surface area (Å²) in [4.78, 5) is 28.0. The fourth-order valence-corrected chi connectivity index (χ4v) is 2.68. The lowest BCUT2D eigenvalue weighted by Gasteiger charge is -2.17. The number of H-pyrrole nitrogens is 1. The minimum atomic E-state index is -1.29. The topological polar surface area (TPSA) is 113 Å². The number of fused-ring (bicyclic) bond motifs is 1. The molecule has 0 aliphatic carbocycles. The van der Waals surface area contributed by atoms with Crippen molar-refractivity contribution in [3.05, 3.63) is 51.4 Å². The molecule has 3 aromatic rings. The number of rotatable bonds is 3. The summed E-state index contributed by atoms with van der Waals surface area (Å²) in [6.45, 7) is 1.51. The zero-order chi connectivity index (χ0) is 17.4. The van der Waals surface area contributed by atoms with Crippen LogP contribution in [0, 0.1) is 5.82 Å². The maximum absolute atomic E-state index is 13.6. The van der Waals surface area contributed by atoms with Gasteiger partial charge in [0.1, 0.15) is 17.5 Å². The molecule has 1 atom stereocenters. The summed E-state index contributed by atoms with van der Waals surface area (Å²) in [6.07, 6.45) is 0.141. The zero-order valence-corrected chi connectivity index (χ0v) is 13.0. The third-order valence-corrected chi connectivity index (χ3v) is 3.67. The number of carbonyl (C=O) groups is 1. The first-order valence-electron chi connectivity index (χ1n) is 6.79. The molecule has 3 N–H and O–H groups in total. The molecule has 0 bridgehead atoms. The van der Waals surface area contributed by atoms with E-state index >= 15 is 0 Å². The van der Waals surface area contributed by atoms with E-state index in [2.05, 4.69) is 20.5 Å². The van der Waals surface area contributed by atoms with Gasteiger partial charge in [-0.2, -0.15) is 5.10 Å². The third kappa shape index (κ3) is 2.69. The lowest BCUT2D eigenvalue weighted by Crippen LogP contribution is -2.32. The van der Waals surface area contributed by atoms with Gasteiger partial charge in [-0.3, -0.25) is 9.89 Å². The van der Waals surface area contributed by atoms with Crippen molar-refractivity contribution < 1.29 is 14.3 Å². The summed E-state index contributed by atoms with van der Waals surface area (Å²) in [6, 6.07) is 2.76. The van der Waals surface area contributed by atoms with Crippen LogP contribution >= 0.6 is 11.6 Å². The Bertz CT molecular complexity index is 986. The molecule has 8 nitrogen and oxygen atoms in total. The number of benzene rings is 1. The summed E-state index contributed by atoms with van der Waals surface area (Å²) in [5, 5.41) is 17.5. The van der Waals surface area contributed by atoms with E-state index in [9.17, 15) is 14.0 Å². The Morgan fingerprint density at radius 3 is 2.88 bits per heavy atom. The number of aromatic nitrogens is 4. The first-order chi connectivity index (χ1) is 11.4. The summed E-state index contributed by atoms with van der Waals surface area (Å²) in [5.74, 6) is -0.298. The zero-order valence-electron chi connectivity index (χ0n) is 12.2. The molecule has 0 aliphatic rings. The molecule has 0 aliphatic heterocycles. The molecule has 0 radical (unpaired) electrons. The Morgan fingerprint density at radius 2 is 2.25 bits per heavy atom. The average molecular weight is 352 g/mol. The van der Waals surface area contributed by atoms with Crippen LogP contribution in [0.15, 0.2) is 29.2 Å². The van der Waals surface area contributed by atoms with Crippen LogP contribution in [-0.4, -0.2) is 30.9 Å². The number of amides is 1. The second-order valence-corrected chi connectivity index (χ2v) is 5.41. The average Bonchev–Trinajstić information content (AvgIpc) is 2.98. The molecule has 2 heterocycles. The van der Waals surface area contributed by atoms with Crippen molar-refractivity contribution >= 4 is 28.6 Å². The highest BCUT2D eigenvalue weighted by molar-refractivity contribution is 6.35. The summed E-state index contributed by atoms with van der Waals surface area (Å²) >= 11 is 5.99. The standard InChI is InChI=1S/C14H11ClFN5O3/c1-6(18-14(23)24)12-19-9-5-7(16)4-8(15)11(9)13(22)21(12)10-2-3-17-20-10/h2-6,18H,1H3,(H,17,20)(H,23,24). The minimum absolute atomic E-state index is 0.0268. The van der Waals surface area contributed by atoms with Crippen LogP contribution in [0.2, 0.25) is 5.02 Å². The number of hydrogen-bond acceptors (Lipinski definition) is 4. The Kier molecular flexibility index (Phi) is 3.94. The van der Waals surface area contributed by atoms with Gasteiger partial charge >= 0.3 is 6.09 Å². The van der Waals surface area contributed by atoms with E-state index in [1.54, 1.807) is 0 Å². The van der Waals surface area contributed by atoms with Crippen LogP contribution in [0.25, 0.3) is 16.7 Å². The number of aromatic amines is 1. The Morgan fingerprint density at radius 1 is 1.50 bits per heavy atom. The fourth-order valence-electron chi connectivity index (χ4n) is 2.40. The SMILES string of the molecule is CC(NC(=O)O)c1nc2cc(F)cc(Cl)c2c(=O)n1-c1ccn[nH]1. The predicted molar refractivity (Wildman–Crippen MR) is 84.0 cm³/mol. The van der Waals surface area contributed by atoms with Crippen molar-refractivity contribution in [2.24, 2.45) is 0 Å². The molecule has 0 saturated carbocycles. The van der Waals surface area contributed by atoms with Gasteiger partial charge < -0.3 is 10.4 Å². The van der Waals surface area contributed by atoms with Gasteiger partial charge in [-0.1, -0.05) is 11.6 Å². The van der Waals surface area contributed by atoms with Crippen molar-refractivity contribution in [2.45, 2.75) is 13.0 Å². The van der Waals surface area contributed by atoms with Gasteiger partial charge in [-0.15, -0.1) is 0 Å². The maximum Gasteiger partial charge on any atom is 0.405 e. The molecular formula is C14H11ClFN5O3. The van der Waals surface area contributed by atoms with Crippen molar-refractivity contribution in [3.63, 3.8) is 0 Å². The van der Waals surface area contributed by atoms with E-state index in [-0.39, 0.29) is 27.6 Å². The van der Waals surface area contributed by atoms with Gasteiger partial charge in [-0.05, 0) is 13.0 Å². The van der Waals surface area contributed by atoms with E-state index in [1.807, 2.05) is 0 Å². The molecular weight excluding hydrogens is 341 g/mol. The highest BCUT2D eigenvalue weighted by Gasteiger charge is 2.21. The third-order valence-electron chi connectivity index (χ3n) is 3.37. The number of nitrogens with one attached hydrogen (secondary N) is 2. The molecule has 0 spiro atoms. The highest BCUT2D eigenvalue weighted by Crippen LogP contribution is 2.23. The smallest absolute Gasteiger partial charge is 0.405 e. The van der Waals surface area contributed by atoms with Gasteiger partial charge in [0.15, 0.2) is 0 Å². The van der Waals surface area contributed by atoms with Gasteiger partial charge in [0.2, 0.25) is 0 Å². The lowest BCUT2D eigenvalue weighted by molar-refractivity contribution is 0.190. The quantitative estimate of drug-likeness (QED) is 0.669. The van der Waals surface area contributed by atoms with Crippen LogP contribution in [0.4, 0.5) is 9.18 Å². The molecule has 1 amide bonds. The van der Waals surface area contributed by atoms with E-state index in [4.69, 9.17) is 16.7 Å². The van der Waals surface area contributed by atoms with Gasteiger partial charge in [0.05, 0.1) is 28.2 Å². The number of nitrogens with zero attached hydrogens (tertiary/aromatic N) is 3. The van der Waals surface area contributed by atoms with Crippen molar-refractivity contribution in [1.82, 2.24) is 25.1 Å². The van der Waals surface area contributed by atoms with Gasteiger partial charge in [0.25, 0.3) is 5.56 Å². The molecule has 0 saturated heterocycles. The summed E-state index contributed by atoms with van der Waals surface area (Å²) < 4.78 is 14.7. The van der Waals surface area contributed by atoms with E-state index < -0.39 is 23.5 Å². The van der Waals surface area contributed by atoms with Crippen LogP contribution < -0.4 is 10.9 Å². The molecule has 124 valence electrons. The van der Waals surface area contributed by atoms with Gasteiger partial charge in [0, 0.05) is 12.1 Å². The van der Waals surface area contributed by atoms with Crippen LogP contribution in [0.3, 0.4) is 0 Å². The molecule has 1 aromatic carbocycles. The van der Waals surface area contributed by atoms with Gasteiger partial charge in [-0.25, -0.2) is 18.7 Å². The van der Waals surface area contributed by atoms with Crippen molar-refractivity contribution in [3.8, 4) is 5.82 Å². The first kappa shape index (κ1) is 15.9. The Balaban J connectivity index is 2.38. The largest absolute Gasteiger partial charge is 0.465 e. The second-order valence-electron chi connectivity index (χ2n) is 5.01. The first-order valence-corrected chi connectivity index (χ1v) is 7.17. The van der Waals surface area contributed by atoms with Crippen LogP contribution in [0.5, 0.6) is 0 Å². The van der Waals surface area contributed by atoms with E-state index in [0.717, 1.165) is 16.7 Å². The maximum atomic E-state index is 13.6.